The molecule has 0 aliphatic heterocycles. The van der Waals surface area contributed by atoms with Gasteiger partial charge in [0.1, 0.15) is 5.69 Å². The van der Waals surface area contributed by atoms with Crippen LogP contribution in [0, 0.1) is 0 Å². The monoisotopic (exact) mass is 348 g/mol. The molecule has 0 aromatic carbocycles. The topological polar surface area (TPSA) is 70.4 Å². The molecular formula is C13H11F3N2O4S. The van der Waals surface area contributed by atoms with Crippen molar-refractivity contribution in [3.05, 3.63) is 39.3 Å². The number of alkyl halides is 3. The van der Waals surface area contributed by atoms with Crippen LogP contribution in [0.1, 0.15) is 31.4 Å². The molecule has 0 unspecified atom stereocenters. The predicted octanol–water partition coefficient (Wildman–Crippen LogP) is 2.58. The third kappa shape index (κ3) is 3.70. The van der Waals surface area contributed by atoms with Crippen molar-refractivity contribution in [1.82, 2.24) is 9.78 Å². The molecule has 2 rings (SSSR count). The summed E-state index contributed by atoms with van der Waals surface area (Å²) in [6.45, 7) is -0.109. The fraction of sp³-hybridized carbons (Fsp3) is 0.308. The molecule has 0 spiro atoms. The highest BCUT2D eigenvalue weighted by Crippen LogP contribution is 2.32. The van der Waals surface area contributed by atoms with E-state index in [-0.39, 0.29) is 17.9 Å². The van der Waals surface area contributed by atoms with E-state index in [1.165, 1.54) is 0 Å². The van der Waals surface area contributed by atoms with Gasteiger partial charge in [-0.25, -0.2) is 9.59 Å². The van der Waals surface area contributed by atoms with Crippen LogP contribution in [0.15, 0.2) is 17.5 Å². The van der Waals surface area contributed by atoms with Crippen LogP contribution in [-0.4, -0.2) is 35.9 Å². The van der Waals surface area contributed by atoms with Crippen LogP contribution in [0.2, 0.25) is 0 Å². The van der Waals surface area contributed by atoms with E-state index in [9.17, 15) is 22.8 Å². The second-order valence-corrected chi connectivity index (χ2v) is 5.35. The molecule has 0 atom stereocenters. The van der Waals surface area contributed by atoms with Crippen LogP contribution in [0.4, 0.5) is 13.2 Å². The second-order valence-electron chi connectivity index (χ2n) is 4.36. The lowest BCUT2D eigenvalue weighted by Crippen LogP contribution is -2.12. The maximum absolute atomic E-state index is 12.6. The number of halogens is 3. The number of nitrogens with zero attached hydrogens (tertiary/aromatic N) is 2. The predicted molar refractivity (Wildman–Crippen MR) is 73.3 cm³/mol. The Labute approximate surface area is 132 Å². The summed E-state index contributed by atoms with van der Waals surface area (Å²) in [6, 6.07) is 2.13. The average molecular weight is 348 g/mol. The molecule has 0 amide bonds. The minimum atomic E-state index is -4.44. The Hall–Kier alpha value is -2.36. The minimum Gasteiger partial charge on any atom is -0.464 e. The molecule has 0 saturated carbocycles. The van der Waals surface area contributed by atoms with Crippen molar-refractivity contribution in [1.29, 1.82) is 0 Å². The highest BCUT2D eigenvalue weighted by atomic mass is 32.1. The smallest absolute Gasteiger partial charge is 0.417 e. The third-order valence-corrected chi connectivity index (χ3v) is 3.78. The van der Waals surface area contributed by atoms with Gasteiger partial charge in [-0.3, -0.25) is 4.68 Å². The molecule has 0 saturated heterocycles. The van der Waals surface area contributed by atoms with Gasteiger partial charge in [0.25, 0.3) is 0 Å². The maximum atomic E-state index is 12.6. The van der Waals surface area contributed by atoms with Crippen molar-refractivity contribution in [2.75, 3.05) is 14.2 Å². The summed E-state index contributed by atoms with van der Waals surface area (Å²) in [6.07, 6.45) is -4.44. The molecule has 0 N–H and O–H groups in total. The van der Waals surface area contributed by atoms with Crippen LogP contribution in [0.5, 0.6) is 0 Å². The van der Waals surface area contributed by atoms with Gasteiger partial charge in [0.2, 0.25) is 0 Å². The summed E-state index contributed by atoms with van der Waals surface area (Å²) in [5.74, 6) is -1.53. The van der Waals surface area contributed by atoms with E-state index in [2.05, 4.69) is 14.6 Å². The Bertz CT molecular complexity index is 736. The zero-order chi connectivity index (χ0) is 17.2. The SMILES string of the molecule is COC(=O)c1cc(C(=O)OC)n(Cc2cc(C(F)(F)F)cs2)n1. The standard InChI is InChI=1S/C13H11F3N2O4S/c1-21-11(19)9-4-10(12(20)22-2)18(17-9)5-8-3-7(6-23-8)13(14,15)16/h3-4,6H,5H2,1-2H3. The van der Waals surface area contributed by atoms with Crippen LogP contribution >= 0.6 is 11.3 Å². The Morgan fingerprint density at radius 3 is 2.39 bits per heavy atom. The molecule has 0 radical (unpaired) electrons. The molecule has 0 aliphatic carbocycles. The van der Waals surface area contributed by atoms with Gasteiger partial charge >= 0.3 is 18.1 Å². The molecule has 0 bridgehead atoms. The van der Waals surface area contributed by atoms with Gasteiger partial charge in [-0.15, -0.1) is 11.3 Å². The van der Waals surface area contributed by atoms with E-state index in [0.717, 1.165) is 47.8 Å². The van der Waals surface area contributed by atoms with Crippen molar-refractivity contribution in [2.45, 2.75) is 12.7 Å². The quantitative estimate of drug-likeness (QED) is 0.795. The zero-order valence-electron chi connectivity index (χ0n) is 12.0. The first-order chi connectivity index (χ1) is 10.8. The van der Waals surface area contributed by atoms with Crippen LogP contribution in [0.25, 0.3) is 0 Å². The van der Waals surface area contributed by atoms with Gasteiger partial charge in [0, 0.05) is 16.3 Å². The van der Waals surface area contributed by atoms with Crippen molar-refractivity contribution < 1.29 is 32.2 Å². The largest absolute Gasteiger partial charge is 0.464 e. The van der Waals surface area contributed by atoms with E-state index in [4.69, 9.17) is 0 Å². The first kappa shape index (κ1) is 17.0. The first-order valence-corrected chi connectivity index (χ1v) is 7.03. The Kier molecular flexibility index (Phi) is 4.73. The number of hydrogen-bond acceptors (Lipinski definition) is 6. The normalized spacial score (nSPS) is 11.3. The van der Waals surface area contributed by atoms with Crippen molar-refractivity contribution in [3.63, 3.8) is 0 Å². The van der Waals surface area contributed by atoms with Crippen LogP contribution in [-0.2, 0) is 22.2 Å². The van der Waals surface area contributed by atoms with E-state index in [0.29, 0.717) is 4.88 Å². The Morgan fingerprint density at radius 1 is 1.22 bits per heavy atom. The number of carbonyl (C=O) groups excluding carboxylic acids is 2. The third-order valence-electron chi connectivity index (χ3n) is 2.86. The van der Waals surface area contributed by atoms with E-state index < -0.39 is 23.7 Å². The Morgan fingerprint density at radius 2 is 1.87 bits per heavy atom. The number of rotatable bonds is 4. The first-order valence-electron chi connectivity index (χ1n) is 6.15. The minimum absolute atomic E-state index is 0.0603. The lowest BCUT2D eigenvalue weighted by atomic mass is 10.3. The molecular weight excluding hydrogens is 337 g/mol. The molecule has 2 aromatic heterocycles. The molecule has 0 fully saturated rings. The summed E-state index contributed by atoms with van der Waals surface area (Å²) >= 11 is 0.874. The lowest BCUT2D eigenvalue weighted by molar-refractivity contribution is -0.137. The lowest BCUT2D eigenvalue weighted by Gasteiger charge is -2.04. The fourth-order valence-electron chi connectivity index (χ4n) is 1.77. The van der Waals surface area contributed by atoms with E-state index in [1.54, 1.807) is 0 Å². The van der Waals surface area contributed by atoms with E-state index in [1.807, 2.05) is 0 Å². The van der Waals surface area contributed by atoms with Gasteiger partial charge in [-0.1, -0.05) is 0 Å². The number of aromatic nitrogens is 2. The van der Waals surface area contributed by atoms with E-state index >= 15 is 0 Å². The number of esters is 2. The number of ether oxygens (including phenoxy) is 2. The van der Waals surface area contributed by atoms with Gasteiger partial charge in [0.05, 0.1) is 26.3 Å². The Balaban J connectivity index is 2.34. The fourth-order valence-corrected chi connectivity index (χ4v) is 2.64. The highest BCUT2D eigenvalue weighted by molar-refractivity contribution is 7.10. The van der Waals surface area contributed by atoms with Crippen LogP contribution in [0.3, 0.4) is 0 Å². The summed E-state index contributed by atoms with van der Waals surface area (Å²) in [7, 11) is 2.29. The highest BCUT2D eigenvalue weighted by Gasteiger charge is 2.31. The van der Waals surface area contributed by atoms with Crippen molar-refractivity contribution >= 4 is 23.3 Å². The van der Waals surface area contributed by atoms with Crippen molar-refractivity contribution in [2.24, 2.45) is 0 Å². The second kappa shape index (κ2) is 6.41. The molecule has 2 heterocycles. The molecule has 10 heteroatoms. The number of methoxy groups -OCH3 is 2. The van der Waals surface area contributed by atoms with Crippen LogP contribution < -0.4 is 0 Å². The van der Waals surface area contributed by atoms with Crippen molar-refractivity contribution in [3.8, 4) is 0 Å². The van der Waals surface area contributed by atoms with Gasteiger partial charge < -0.3 is 9.47 Å². The molecule has 23 heavy (non-hydrogen) atoms. The van der Waals surface area contributed by atoms with Gasteiger partial charge in [-0.2, -0.15) is 18.3 Å². The maximum Gasteiger partial charge on any atom is 0.417 e. The number of thiophene rings is 1. The molecule has 0 aliphatic rings. The molecule has 2 aromatic rings. The molecule has 124 valence electrons. The summed E-state index contributed by atoms with van der Waals surface area (Å²) < 4.78 is 48.0. The summed E-state index contributed by atoms with van der Waals surface area (Å²) in [4.78, 5) is 23.5. The summed E-state index contributed by atoms with van der Waals surface area (Å²) in [5, 5.41) is 4.85. The number of carbonyl (C=O) groups is 2. The average Bonchev–Trinajstić information content (AvgIpc) is 3.12. The summed E-state index contributed by atoms with van der Waals surface area (Å²) in [5.41, 5.74) is -0.979. The number of hydrogen-bond donors (Lipinski definition) is 0. The van der Waals surface area contributed by atoms with Gasteiger partial charge in [-0.05, 0) is 6.07 Å². The zero-order valence-corrected chi connectivity index (χ0v) is 12.8. The molecule has 6 nitrogen and oxygen atoms in total. The van der Waals surface area contributed by atoms with Gasteiger partial charge in [0.15, 0.2) is 5.69 Å².